The Labute approximate surface area is 211 Å². The molecule has 1 aliphatic carbocycles. The molecule has 4 aromatic rings. The number of carbonyl (C=O) groups is 1. The fraction of sp³-hybridized carbons (Fsp3) is 0.290. The third kappa shape index (κ3) is 3.49. The van der Waals surface area contributed by atoms with E-state index in [9.17, 15) is 4.79 Å². The molecule has 0 saturated carbocycles. The zero-order valence-electron chi connectivity index (χ0n) is 20.5. The number of aryl methyl sites for hydroxylation is 1. The van der Waals surface area contributed by atoms with E-state index in [1.54, 1.807) is 0 Å². The van der Waals surface area contributed by atoms with Gasteiger partial charge in [0.1, 0.15) is 0 Å². The lowest BCUT2D eigenvalue weighted by atomic mass is 9.77. The first-order valence-electron chi connectivity index (χ1n) is 12.8. The van der Waals surface area contributed by atoms with E-state index in [0.717, 1.165) is 72.6 Å². The monoisotopic (exact) mass is 475 g/mol. The molecule has 2 fully saturated rings. The van der Waals surface area contributed by atoms with Crippen LogP contribution in [-0.4, -0.2) is 48.1 Å². The van der Waals surface area contributed by atoms with Gasteiger partial charge in [-0.25, -0.2) is 0 Å². The molecule has 3 heterocycles. The highest BCUT2D eigenvalue weighted by Crippen LogP contribution is 2.41. The molecule has 2 aliphatic heterocycles. The van der Waals surface area contributed by atoms with Crippen molar-refractivity contribution < 1.29 is 9.53 Å². The molecule has 0 unspecified atom stereocenters. The van der Waals surface area contributed by atoms with Gasteiger partial charge in [0.15, 0.2) is 0 Å². The Kier molecular flexibility index (Phi) is 4.90. The minimum Gasteiger partial charge on any atom is -0.382 e. The summed E-state index contributed by atoms with van der Waals surface area (Å²) in [6, 6.07) is 25.7. The molecule has 180 valence electrons. The molecule has 5 nitrogen and oxygen atoms in total. The molecule has 36 heavy (non-hydrogen) atoms. The van der Waals surface area contributed by atoms with Crippen molar-refractivity contribution in [2.24, 2.45) is 5.41 Å². The van der Waals surface area contributed by atoms with Gasteiger partial charge in [-0.1, -0.05) is 54.6 Å². The number of benzene rings is 3. The molecule has 0 atom stereocenters. The number of anilines is 1. The third-order valence-electron chi connectivity index (χ3n) is 8.02. The van der Waals surface area contributed by atoms with Gasteiger partial charge in [0.25, 0.3) is 5.91 Å². The van der Waals surface area contributed by atoms with E-state index in [1.807, 2.05) is 30.0 Å². The molecule has 0 bridgehead atoms. The molecule has 1 amide bonds. The minimum atomic E-state index is 0.0721. The number of hydrogen-bond acceptors (Lipinski definition) is 4. The molecule has 1 N–H and O–H groups in total. The molecular formula is C31H29N3O2. The highest BCUT2D eigenvalue weighted by atomic mass is 16.5. The SMILES string of the molecule is Cc1nc2ccc(NC3Cc4ccccc4C3)cc2c(-c2ccccc2)c1C(=O)N1CC2(COC2)C1. The maximum absolute atomic E-state index is 13.8. The zero-order valence-corrected chi connectivity index (χ0v) is 20.5. The van der Waals surface area contributed by atoms with E-state index in [1.165, 1.54) is 11.1 Å². The van der Waals surface area contributed by atoms with Gasteiger partial charge in [0.05, 0.1) is 35.4 Å². The van der Waals surface area contributed by atoms with Gasteiger partial charge in [0, 0.05) is 35.8 Å². The molecule has 1 aromatic heterocycles. The van der Waals surface area contributed by atoms with Crippen molar-refractivity contribution >= 4 is 22.5 Å². The Balaban J connectivity index is 1.29. The summed E-state index contributed by atoms with van der Waals surface area (Å²) in [5.74, 6) is 0.0721. The summed E-state index contributed by atoms with van der Waals surface area (Å²) >= 11 is 0. The van der Waals surface area contributed by atoms with E-state index in [0.29, 0.717) is 11.6 Å². The number of amides is 1. The molecule has 2 saturated heterocycles. The number of aromatic nitrogens is 1. The van der Waals surface area contributed by atoms with Crippen LogP contribution in [0.3, 0.4) is 0 Å². The summed E-state index contributed by atoms with van der Waals surface area (Å²) < 4.78 is 5.42. The number of carbonyl (C=O) groups excluding carboxylic acids is 1. The summed E-state index contributed by atoms with van der Waals surface area (Å²) in [6.07, 6.45) is 2.05. The van der Waals surface area contributed by atoms with E-state index in [2.05, 4.69) is 59.9 Å². The van der Waals surface area contributed by atoms with Crippen LogP contribution in [0.1, 0.15) is 27.2 Å². The van der Waals surface area contributed by atoms with Crippen LogP contribution in [0.15, 0.2) is 72.8 Å². The number of likely N-dealkylation sites (tertiary alicyclic amines) is 1. The minimum absolute atomic E-state index is 0.0721. The quantitative estimate of drug-likeness (QED) is 0.437. The predicted octanol–water partition coefficient (Wildman–Crippen LogP) is 5.26. The number of fused-ring (bicyclic) bond motifs is 2. The van der Waals surface area contributed by atoms with Gasteiger partial charge < -0.3 is 15.0 Å². The molecule has 5 heteroatoms. The highest BCUT2D eigenvalue weighted by Gasteiger charge is 2.51. The van der Waals surface area contributed by atoms with Crippen LogP contribution in [0.25, 0.3) is 22.0 Å². The van der Waals surface area contributed by atoms with Crippen molar-refractivity contribution in [1.29, 1.82) is 0 Å². The first-order valence-corrected chi connectivity index (χ1v) is 12.8. The van der Waals surface area contributed by atoms with E-state index < -0.39 is 0 Å². The Morgan fingerprint density at radius 2 is 1.67 bits per heavy atom. The van der Waals surface area contributed by atoms with Gasteiger partial charge in [-0.05, 0) is 54.7 Å². The van der Waals surface area contributed by atoms with Gasteiger partial charge in [-0.2, -0.15) is 0 Å². The van der Waals surface area contributed by atoms with Crippen LogP contribution >= 0.6 is 0 Å². The van der Waals surface area contributed by atoms with Crippen LogP contribution in [0, 0.1) is 12.3 Å². The topological polar surface area (TPSA) is 54.5 Å². The fourth-order valence-electron chi connectivity index (χ4n) is 6.18. The standard InChI is InChI=1S/C31H29N3O2/c1-20-28(30(35)34-16-31(17-34)18-36-19-31)29(21-7-3-2-4-8-21)26-15-24(11-12-27(26)32-20)33-25-13-22-9-5-6-10-23(22)14-25/h2-12,15,25,33H,13-14,16-19H2,1H3. The van der Waals surface area contributed by atoms with Crippen molar-refractivity contribution in [3.05, 3.63) is 95.2 Å². The molecular weight excluding hydrogens is 446 g/mol. The summed E-state index contributed by atoms with van der Waals surface area (Å²) in [7, 11) is 0. The Bertz CT molecular complexity index is 1460. The Hall–Kier alpha value is -3.70. The Morgan fingerprint density at radius 3 is 2.33 bits per heavy atom. The second kappa shape index (κ2) is 8.17. The number of nitrogens with zero attached hydrogens (tertiary/aromatic N) is 2. The third-order valence-corrected chi connectivity index (χ3v) is 8.02. The van der Waals surface area contributed by atoms with Crippen LogP contribution in [0.4, 0.5) is 5.69 Å². The Morgan fingerprint density at radius 1 is 0.972 bits per heavy atom. The maximum atomic E-state index is 13.8. The summed E-state index contributed by atoms with van der Waals surface area (Å²) in [6.45, 7) is 5.01. The fourth-order valence-corrected chi connectivity index (χ4v) is 6.18. The normalized spacial score (nSPS) is 18.1. The van der Waals surface area contributed by atoms with Crippen LogP contribution < -0.4 is 5.32 Å². The smallest absolute Gasteiger partial charge is 0.256 e. The lowest BCUT2D eigenvalue weighted by Crippen LogP contribution is -2.67. The van der Waals surface area contributed by atoms with Crippen LogP contribution in [0.5, 0.6) is 0 Å². The molecule has 3 aliphatic rings. The van der Waals surface area contributed by atoms with Gasteiger partial charge in [0.2, 0.25) is 0 Å². The number of ether oxygens (including phenoxy) is 1. The van der Waals surface area contributed by atoms with Crippen molar-refractivity contribution in [1.82, 2.24) is 9.88 Å². The molecule has 0 radical (unpaired) electrons. The zero-order chi connectivity index (χ0) is 24.3. The van der Waals surface area contributed by atoms with Gasteiger partial charge in [-0.3, -0.25) is 9.78 Å². The summed E-state index contributed by atoms with van der Waals surface area (Å²) in [4.78, 5) is 20.7. The molecule has 1 spiro atoms. The average Bonchev–Trinajstić information content (AvgIpc) is 3.24. The molecule has 7 rings (SSSR count). The van der Waals surface area contributed by atoms with Crippen molar-refractivity contribution in [3.8, 4) is 11.1 Å². The largest absolute Gasteiger partial charge is 0.382 e. The summed E-state index contributed by atoms with van der Waals surface area (Å²) in [5.41, 5.74) is 8.53. The first-order chi connectivity index (χ1) is 17.6. The number of pyridine rings is 1. The van der Waals surface area contributed by atoms with Crippen LogP contribution in [-0.2, 0) is 17.6 Å². The number of nitrogens with one attached hydrogen (secondary N) is 1. The van der Waals surface area contributed by atoms with Gasteiger partial charge in [-0.15, -0.1) is 0 Å². The maximum Gasteiger partial charge on any atom is 0.256 e. The number of hydrogen-bond donors (Lipinski definition) is 1. The number of rotatable bonds is 4. The second-order valence-corrected chi connectivity index (χ2v) is 10.7. The predicted molar refractivity (Wildman–Crippen MR) is 142 cm³/mol. The van der Waals surface area contributed by atoms with E-state index >= 15 is 0 Å². The lowest BCUT2D eigenvalue weighted by Gasteiger charge is -2.55. The van der Waals surface area contributed by atoms with E-state index in [4.69, 9.17) is 9.72 Å². The highest BCUT2D eigenvalue weighted by molar-refractivity contribution is 6.10. The first kappa shape index (κ1) is 21.6. The molecule has 3 aromatic carbocycles. The van der Waals surface area contributed by atoms with Crippen molar-refractivity contribution in [2.45, 2.75) is 25.8 Å². The van der Waals surface area contributed by atoms with Crippen LogP contribution in [0.2, 0.25) is 0 Å². The summed E-state index contributed by atoms with van der Waals surface area (Å²) in [5, 5.41) is 4.77. The lowest BCUT2D eigenvalue weighted by molar-refractivity contribution is -0.176. The van der Waals surface area contributed by atoms with Gasteiger partial charge >= 0.3 is 0 Å². The second-order valence-electron chi connectivity index (χ2n) is 10.7. The average molecular weight is 476 g/mol. The van der Waals surface area contributed by atoms with E-state index in [-0.39, 0.29) is 11.3 Å². The van der Waals surface area contributed by atoms with Crippen molar-refractivity contribution in [2.75, 3.05) is 31.6 Å². The van der Waals surface area contributed by atoms with Crippen molar-refractivity contribution in [3.63, 3.8) is 0 Å².